The molecule has 0 aliphatic rings. The molecule has 0 aliphatic heterocycles. The van der Waals surface area contributed by atoms with Crippen LogP contribution in [0.4, 0.5) is 5.69 Å². The molecule has 1 aromatic heterocycles. The number of carbonyl (C=O) groups is 1. The van der Waals surface area contributed by atoms with E-state index in [1.54, 1.807) is 6.92 Å². The zero-order valence-electron chi connectivity index (χ0n) is 11.6. The van der Waals surface area contributed by atoms with Crippen LogP contribution in [0.25, 0.3) is 0 Å². The maximum atomic E-state index is 12.3. The van der Waals surface area contributed by atoms with Gasteiger partial charge < -0.3 is 9.84 Å². The molecule has 0 fully saturated rings. The standard InChI is InChI=1S/C13H12ClNO5S2/c1-7-5-11(21-12(7)13(16)17)22(18,19)15-8-3-4-10(20-2)9(14)6-8/h3-6,15H,1-2H3,(H,16,17). The van der Waals surface area contributed by atoms with Gasteiger partial charge in [0.15, 0.2) is 0 Å². The van der Waals surface area contributed by atoms with E-state index in [-0.39, 0.29) is 19.8 Å². The number of methoxy groups -OCH3 is 1. The fraction of sp³-hybridized carbons (Fsp3) is 0.154. The molecule has 2 N–H and O–H groups in total. The van der Waals surface area contributed by atoms with E-state index in [1.165, 1.54) is 31.4 Å². The summed E-state index contributed by atoms with van der Waals surface area (Å²) in [7, 11) is -2.43. The molecule has 1 heterocycles. The van der Waals surface area contributed by atoms with E-state index in [1.807, 2.05) is 0 Å². The number of halogens is 1. The largest absolute Gasteiger partial charge is 0.495 e. The first-order valence-corrected chi connectivity index (χ1v) is 8.62. The number of carboxylic acid groups (broad SMARTS) is 1. The maximum absolute atomic E-state index is 12.3. The van der Waals surface area contributed by atoms with Crippen molar-refractivity contribution in [2.24, 2.45) is 0 Å². The lowest BCUT2D eigenvalue weighted by molar-refractivity contribution is 0.0701. The number of benzene rings is 1. The number of anilines is 1. The molecule has 0 radical (unpaired) electrons. The van der Waals surface area contributed by atoms with Crippen LogP contribution in [-0.4, -0.2) is 26.6 Å². The van der Waals surface area contributed by atoms with Crippen molar-refractivity contribution in [2.75, 3.05) is 11.8 Å². The lowest BCUT2D eigenvalue weighted by Crippen LogP contribution is -2.11. The lowest BCUT2D eigenvalue weighted by Gasteiger charge is -2.08. The molecular weight excluding hydrogens is 350 g/mol. The zero-order chi connectivity index (χ0) is 16.5. The van der Waals surface area contributed by atoms with Gasteiger partial charge >= 0.3 is 5.97 Å². The summed E-state index contributed by atoms with van der Waals surface area (Å²) in [5.74, 6) is -0.735. The number of hydrogen-bond acceptors (Lipinski definition) is 5. The molecule has 9 heteroatoms. The van der Waals surface area contributed by atoms with Crippen LogP contribution < -0.4 is 9.46 Å². The van der Waals surface area contributed by atoms with E-state index in [0.29, 0.717) is 22.6 Å². The van der Waals surface area contributed by atoms with Gasteiger partial charge in [-0.1, -0.05) is 11.6 Å². The molecule has 0 amide bonds. The summed E-state index contributed by atoms with van der Waals surface area (Å²) in [5.41, 5.74) is 0.652. The smallest absolute Gasteiger partial charge is 0.346 e. The minimum Gasteiger partial charge on any atom is -0.495 e. The molecule has 2 aromatic rings. The summed E-state index contributed by atoms with van der Waals surface area (Å²) in [6.45, 7) is 1.54. The number of ether oxygens (including phenoxy) is 1. The number of sulfonamides is 1. The summed E-state index contributed by atoms with van der Waals surface area (Å²) < 4.78 is 31.8. The number of aryl methyl sites for hydroxylation is 1. The predicted molar refractivity (Wildman–Crippen MR) is 84.8 cm³/mol. The maximum Gasteiger partial charge on any atom is 0.346 e. The van der Waals surface area contributed by atoms with Gasteiger partial charge in [0, 0.05) is 0 Å². The third kappa shape index (κ3) is 3.34. The predicted octanol–water partition coefficient (Wildman–Crippen LogP) is 3.22. The number of carboxylic acids is 1. The minimum atomic E-state index is -3.88. The Morgan fingerprint density at radius 2 is 2.05 bits per heavy atom. The van der Waals surface area contributed by atoms with Crippen LogP contribution in [0, 0.1) is 6.92 Å². The van der Waals surface area contributed by atoms with Gasteiger partial charge in [-0.15, -0.1) is 11.3 Å². The van der Waals surface area contributed by atoms with Crippen molar-refractivity contribution < 1.29 is 23.1 Å². The van der Waals surface area contributed by atoms with Crippen LogP contribution in [0.15, 0.2) is 28.5 Å². The number of rotatable bonds is 5. The summed E-state index contributed by atoms with van der Waals surface area (Å²) in [6, 6.07) is 5.77. The van der Waals surface area contributed by atoms with Crippen molar-refractivity contribution in [3.63, 3.8) is 0 Å². The Morgan fingerprint density at radius 1 is 1.36 bits per heavy atom. The van der Waals surface area contributed by atoms with Gasteiger partial charge in [0.05, 0.1) is 17.8 Å². The molecule has 0 saturated heterocycles. The monoisotopic (exact) mass is 361 g/mol. The fourth-order valence-electron chi connectivity index (χ4n) is 1.73. The minimum absolute atomic E-state index is 0.00635. The van der Waals surface area contributed by atoms with Crippen LogP contribution in [0.3, 0.4) is 0 Å². The SMILES string of the molecule is COc1ccc(NS(=O)(=O)c2cc(C)c(C(=O)O)s2)cc1Cl. The van der Waals surface area contributed by atoms with Gasteiger partial charge in [-0.3, -0.25) is 4.72 Å². The number of aromatic carboxylic acids is 1. The highest BCUT2D eigenvalue weighted by Crippen LogP contribution is 2.31. The molecule has 2 rings (SSSR count). The van der Waals surface area contributed by atoms with Crippen molar-refractivity contribution in [2.45, 2.75) is 11.1 Å². The van der Waals surface area contributed by atoms with Gasteiger partial charge in [-0.2, -0.15) is 0 Å². The van der Waals surface area contributed by atoms with E-state index in [9.17, 15) is 13.2 Å². The lowest BCUT2D eigenvalue weighted by atomic mass is 10.3. The van der Waals surface area contributed by atoms with Crippen molar-refractivity contribution >= 4 is 44.6 Å². The Bertz CT molecular complexity index is 829. The molecule has 0 spiro atoms. The van der Waals surface area contributed by atoms with Crippen molar-refractivity contribution in [3.05, 3.63) is 39.7 Å². The van der Waals surface area contributed by atoms with E-state index in [4.69, 9.17) is 21.4 Å². The first-order chi connectivity index (χ1) is 10.2. The van der Waals surface area contributed by atoms with Gasteiger partial charge in [0.1, 0.15) is 14.8 Å². The molecule has 22 heavy (non-hydrogen) atoms. The van der Waals surface area contributed by atoms with Crippen LogP contribution in [0.2, 0.25) is 5.02 Å². The van der Waals surface area contributed by atoms with E-state index in [2.05, 4.69) is 4.72 Å². The number of thiophene rings is 1. The highest BCUT2D eigenvalue weighted by Gasteiger charge is 2.22. The molecule has 0 saturated carbocycles. The molecule has 0 unspecified atom stereocenters. The van der Waals surface area contributed by atoms with Gasteiger partial charge in [-0.25, -0.2) is 13.2 Å². The molecule has 118 valence electrons. The average molecular weight is 362 g/mol. The Hall–Kier alpha value is -1.77. The third-order valence-corrected chi connectivity index (χ3v) is 6.13. The summed E-state index contributed by atoms with van der Waals surface area (Å²) in [5, 5.41) is 9.25. The highest BCUT2D eigenvalue weighted by molar-refractivity contribution is 7.94. The van der Waals surface area contributed by atoms with E-state index in [0.717, 1.165) is 0 Å². The molecular formula is C13H12ClNO5S2. The normalized spacial score (nSPS) is 11.2. The van der Waals surface area contributed by atoms with E-state index < -0.39 is 16.0 Å². The van der Waals surface area contributed by atoms with Crippen LogP contribution in [-0.2, 0) is 10.0 Å². The Morgan fingerprint density at radius 3 is 2.55 bits per heavy atom. The van der Waals surface area contributed by atoms with Crippen molar-refractivity contribution in [1.82, 2.24) is 0 Å². The summed E-state index contributed by atoms with van der Waals surface area (Å²) in [4.78, 5) is 11.0. The molecule has 1 aromatic carbocycles. The molecule has 6 nitrogen and oxygen atoms in total. The highest BCUT2D eigenvalue weighted by atomic mass is 35.5. The average Bonchev–Trinajstić information content (AvgIpc) is 2.81. The van der Waals surface area contributed by atoms with E-state index >= 15 is 0 Å². The number of nitrogens with one attached hydrogen (secondary N) is 1. The first-order valence-electron chi connectivity index (χ1n) is 5.94. The quantitative estimate of drug-likeness (QED) is 0.852. The second kappa shape index (κ2) is 6.15. The van der Waals surface area contributed by atoms with Crippen LogP contribution in [0.1, 0.15) is 15.2 Å². The molecule has 0 atom stereocenters. The first kappa shape index (κ1) is 16.6. The molecule has 0 aliphatic carbocycles. The Balaban J connectivity index is 2.33. The summed E-state index contributed by atoms with van der Waals surface area (Å²) in [6.07, 6.45) is 0. The Kier molecular flexibility index (Phi) is 4.64. The van der Waals surface area contributed by atoms with Gasteiger partial charge in [0.2, 0.25) is 0 Å². The van der Waals surface area contributed by atoms with Gasteiger partial charge in [0.25, 0.3) is 10.0 Å². The number of hydrogen-bond donors (Lipinski definition) is 2. The second-order valence-corrected chi connectivity index (χ2v) is 7.71. The molecule has 0 bridgehead atoms. The van der Waals surface area contributed by atoms with Crippen molar-refractivity contribution in [1.29, 1.82) is 0 Å². The van der Waals surface area contributed by atoms with Crippen LogP contribution in [0.5, 0.6) is 5.75 Å². The van der Waals surface area contributed by atoms with Crippen molar-refractivity contribution in [3.8, 4) is 5.75 Å². The summed E-state index contributed by atoms with van der Waals surface area (Å²) >= 11 is 6.64. The topological polar surface area (TPSA) is 92.7 Å². The van der Waals surface area contributed by atoms with Gasteiger partial charge in [-0.05, 0) is 36.8 Å². The third-order valence-electron chi connectivity index (χ3n) is 2.76. The fourth-order valence-corrected chi connectivity index (χ4v) is 4.42. The Labute approximate surface area is 136 Å². The zero-order valence-corrected chi connectivity index (χ0v) is 14.0. The second-order valence-electron chi connectivity index (χ2n) is 4.34. The van der Waals surface area contributed by atoms with Crippen LogP contribution >= 0.6 is 22.9 Å².